The van der Waals surface area contributed by atoms with Crippen LogP contribution in [-0.4, -0.2) is 56.9 Å². The summed E-state index contributed by atoms with van der Waals surface area (Å²) in [5.74, 6) is -0.0705. The summed E-state index contributed by atoms with van der Waals surface area (Å²) >= 11 is 0. The summed E-state index contributed by atoms with van der Waals surface area (Å²) in [6.07, 6.45) is 0.0685. The predicted octanol–water partition coefficient (Wildman–Crippen LogP) is -0.839. The van der Waals surface area contributed by atoms with Gasteiger partial charge in [0, 0.05) is 19.3 Å². The SMILES string of the molecule is CCOCCCNC1CS(=O)(=O)CC1O. The smallest absolute Gasteiger partial charge is 0.154 e. The summed E-state index contributed by atoms with van der Waals surface area (Å²) in [4.78, 5) is 0. The molecule has 2 unspecified atom stereocenters. The highest BCUT2D eigenvalue weighted by atomic mass is 32.2. The Morgan fingerprint density at radius 1 is 1.47 bits per heavy atom. The molecule has 1 rings (SSSR count). The molecule has 0 spiro atoms. The van der Waals surface area contributed by atoms with Crippen molar-refractivity contribution in [3.05, 3.63) is 0 Å². The summed E-state index contributed by atoms with van der Waals surface area (Å²) in [6, 6.07) is -0.309. The van der Waals surface area contributed by atoms with Crippen LogP contribution in [0.25, 0.3) is 0 Å². The average Bonchev–Trinajstić information content (AvgIpc) is 2.39. The van der Waals surface area contributed by atoms with Crippen molar-refractivity contribution < 1.29 is 18.3 Å². The lowest BCUT2D eigenvalue weighted by Crippen LogP contribution is -2.39. The molecule has 0 aromatic heterocycles. The van der Waals surface area contributed by atoms with Crippen molar-refractivity contribution in [2.45, 2.75) is 25.5 Å². The van der Waals surface area contributed by atoms with E-state index >= 15 is 0 Å². The van der Waals surface area contributed by atoms with Crippen LogP contribution in [0, 0.1) is 0 Å². The van der Waals surface area contributed by atoms with E-state index in [0.29, 0.717) is 19.8 Å². The molecule has 0 radical (unpaired) electrons. The van der Waals surface area contributed by atoms with Crippen molar-refractivity contribution in [3.8, 4) is 0 Å². The van der Waals surface area contributed by atoms with E-state index in [0.717, 1.165) is 6.42 Å². The van der Waals surface area contributed by atoms with E-state index in [9.17, 15) is 13.5 Å². The normalized spacial score (nSPS) is 29.5. The van der Waals surface area contributed by atoms with Crippen molar-refractivity contribution in [2.75, 3.05) is 31.3 Å². The number of hydrogen-bond donors (Lipinski definition) is 2. The molecule has 0 aliphatic carbocycles. The lowest BCUT2D eigenvalue weighted by atomic mass is 10.2. The van der Waals surface area contributed by atoms with Gasteiger partial charge in [-0.05, 0) is 19.9 Å². The standard InChI is InChI=1S/C9H19NO4S/c1-2-14-5-3-4-10-8-6-15(12,13)7-9(8)11/h8-11H,2-7H2,1H3. The fourth-order valence-electron chi connectivity index (χ4n) is 1.63. The zero-order chi connectivity index (χ0) is 11.3. The van der Waals surface area contributed by atoms with E-state index in [1.54, 1.807) is 0 Å². The number of rotatable bonds is 6. The van der Waals surface area contributed by atoms with Crippen LogP contribution in [-0.2, 0) is 14.6 Å². The van der Waals surface area contributed by atoms with Gasteiger partial charge in [-0.25, -0.2) is 8.42 Å². The fourth-order valence-corrected chi connectivity index (χ4v) is 3.41. The monoisotopic (exact) mass is 237 g/mol. The minimum atomic E-state index is -3.04. The fraction of sp³-hybridized carbons (Fsp3) is 1.00. The van der Waals surface area contributed by atoms with Crippen LogP contribution in [0.2, 0.25) is 0 Å². The van der Waals surface area contributed by atoms with Crippen LogP contribution in [0.1, 0.15) is 13.3 Å². The summed E-state index contributed by atoms with van der Waals surface area (Å²) in [7, 11) is -3.04. The first kappa shape index (κ1) is 12.9. The van der Waals surface area contributed by atoms with Crippen molar-refractivity contribution in [2.24, 2.45) is 0 Å². The number of sulfone groups is 1. The number of hydrogen-bond acceptors (Lipinski definition) is 5. The minimum absolute atomic E-state index is 0.0444. The second kappa shape index (κ2) is 5.79. The molecule has 6 heteroatoms. The Kier molecular flexibility index (Phi) is 4.98. The first-order chi connectivity index (χ1) is 7.05. The summed E-state index contributed by atoms with van der Waals surface area (Å²) < 4.78 is 27.5. The summed E-state index contributed by atoms with van der Waals surface area (Å²) in [5, 5.41) is 12.5. The van der Waals surface area contributed by atoms with Gasteiger partial charge in [0.25, 0.3) is 0 Å². The summed E-state index contributed by atoms with van der Waals surface area (Å²) in [6.45, 7) is 3.97. The van der Waals surface area contributed by atoms with Crippen molar-refractivity contribution in [3.63, 3.8) is 0 Å². The molecule has 1 aliphatic rings. The van der Waals surface area contributed by atoms with Crippen molar-refractivity contribution in [1.29, 1.82) is 0 Å². The van der Waals surface area contributed by atoms with Crippen molar-refractivity contribution >= 4 is 9.84 Å². The molecule has 15 heavy (non-hydrogen) atoms. The molecule has 1 aliphatic heterocycles. The first-order valence-electron chi connectivity index (χ1n) is 5.25. The van der Waals surface area contributed by atoms with Crippen LogP contribution >= 0.6 is 0 Å². The third-order valence-electron chi connectivity index (χ3n) is 2.40. The van der Waals surface area contributed by atoms with E-state index in [4.69, 9.17) is 4.74 Å². The van der Waals surface area contributed by atoms with Crippen LogP contribution in [0.3, 0.4) is 0 Å². The number of ether oxygens (including phenoxy) is 1. The van der Waals surface area contributed by atoms with Gasteiger partial charge in [0.15, 0.2) is 9.84 Å². The van der Waals surface area contributed by atoms with Gasteiger partial charge in [0.2, 0.25) is 0 Å². The molecule has 1 fully saturated rings. The van der Waals surface area contributed by atoms with Gasteiger partial charge in [0.1, 0.15) is 0 Å². The molecule has 1 saturated heterocycles. The molecule has 2 atom stereocenters. The lowest BCUT2D eigenvalue weighted by molar-refractivity contribution is 0.137. The van der Waals surface area contributed by atoms with Gasteiger partial charge in [-0.15, -0.1) is 0 Å². The van der Waals surface area contributed by atoms with Gasteiger partial charge in [-0.2, -0.15) is 0 Å². The molecule has 0 aromatic carbocycles. The minimum Gasteiger partial charge on any atom is -0.390 e. The van der Waals surface area contributed by atoms with Crippen LogP contribution in [0.5, 0.6) is 0 Å². The lowest BCUT2D eigenvalue weighted by Gasteiger charge is -2.14. The molecular weight excluding hydrogens is 218 g/mol. The maximum absolute atomic E-state index is 11.2. The van der Waals surface area contributed by atoms with Crippen molar-refractivity contribution in [1.82, 2.24) is 5.32 Å². The highest BCUT2D eigenvalue weighted by Gasteiger charge is 2.35. The molecule has 0 saturated carbocycles. The quantitative estimate of drug-likeness (QED) is 0.589. The molecule has 0 amide bonds. The number of aliphatic hydroxyl groups excluding tert-OH is 1. The van der Waals surface area contributed by atoms with Gasteiger partial charge in [0.05, 0.1) is 17.6 Å². The maximum Gasteiger partial charge on any atom is 0.154 e. The molecule has 2 N–H and O–H groups in total. The topological polar surface area (TPSA) is 75.6 Å². The van der Waals surface area contributed by atoms with Gasteiger partial charge in [-0.1, -0.05) is 0 Å². The number of nitrogens with one attached hydrogen (secondary N) is 1. The molecular formula is C9H19NO4S. The Labute approximate surface area is 90.7 Å². The second-order valence-electron chi connectivity index (χ2n) is 3.76. The van der Waals surface area contributed by atoms with E-state index in [1.165, 1.54) is 0 Å². The highest BCUT2D eigenvalue weighted by Crippen LogP contribution is 2.12. The molecule has 0 bridgehead atoms. The molecule has 1 heterocycles. The highest BCUT2D eigenvalue weighted by molar-refractivity contribution is 7.91. The third-order valence-corrected chi connectivity index (χ3v) is 4.12. The Balaban J connectivity index is 2.17. The van der Waals surface area contributed by atoms with Gasteiger partial charge >= 0.3 is 0 Å². The largest absolute Gasteiger partial charge is 0.390 e. The zero-order valence-corrected chi connectivity index (χ0v) is 9.79. The zero-order valence-electron chi connectivity index (χ0n) is 8.98. The molecule has 5 nitrogen and oxygen atoms in total. The predicted molar refractivity (Wildman–Crippen MR) is 57.6 cm³/mol. The van der Waals surface area contributed by atoms with Gasteiger partial charge in [-0.3, -0.25) is 0 Å². The van der Waals surface area contributed by atoms with Crippen LogP contribution in [0.15, 0.2) is 0 Å². The van der Waals surface area contributed by atoms with Gasteiger partial charge < -0.3 is 15.2 Å². The summed E-state index contributed by atoms with van der Waals surface area (Å²) in [5.41, 5.74) is 0. The Bertz CT molecular complexity index is 278. The Morgan fingerprint density at radius 3 is 2.73 bits per heavy atom. The third kappa shape index (κ3) is 4.46. The first-order valence-corrected chi connectivity index (χ1v) is 7.07. The van der Waals surface area contributed by atoms with E-state index in [1.807, 2.05) is 6.92 Å². The van der Waals surface area contributed by atoms with E-state index < -0.39 is 15.9 Å². The van der Waals surface area contributed by atoms with Crippen LogP contribution in [0.4, 0.5) is 0 Å². The second-order valence-corrected chi connectivity index (χ2v) is 5.91. The number of aliphatic hydroxyl groups is 1. The van der Waals surface area contributed by atoms with Crippen LogP contribution < -0.4 is 5.32 Å². The van der Waals surface area contributed by atoms with E-state index in [-0.39, 0.29) is 17.5 Å². The maximum atomic E-state index is 11.2. The molecule has 90 valence electrons. The average molecular weight is 237 g/mol. The Morgan fingerprint density at radius 2 is 2.20 bits per heavy atom. The van der Waals surface area contributed by atoms with E-state index in [2.05, 4.69) is 5.32 Å². The Hall–Kier alpha value is -0.170. The molecule has 0 aromatic rings.